The summed E-state index contributed by atoms with van der Waals surface area (Å²) in [6.07, 6.45) is 5.99. The summed E-state index contributed by atoms with van der Waals surface area (Å²) in [7, 11) is 0. The first-order valence-corrected chi connectivity index (χ1v) is 11.1. The third kappa shape index (κ3) is 4.90. The number of benzene rings is 1. The van der Waals surface area contributed by atoms with E-state index in [2.05, 4.69) is 15.6 Å². The molecule has 0 atom stereocenters. The lowest BCUT2D eigenvalue weighted by Crippen LogP contribution is -2.48. The van der Waals surface area contributed by atoms with E-state index in [1.165, 1.54) is 4.90 Å². The number of carbonyl (C=O) groups excluding carboxylic acids is 3. The molecule has 0 radical (unpaired) electrons. The number of nitrogens with zero attached hydrogens (tertiary/aromatic N) is 2. The lowest BCUT2D eigenvalue weighted by molar-refractivity contribution is -0.132. The maximum atomic E-state index is 12.8. The van der Waals surface area contributed by atoms with Crippen molar-refractivity contribution in [2.45, 2.75) is 57.2 Å². The minimum Gasteiger partial charge on any atom is -0.473 e. The molecule has 1 saturated heterocycles. The van der Waals surface area contributed by atoms with Crippen molar-refractivity contribution in [3.63, 3.8) is 0 Å². The van der Waals surface area contributed by atoms with Gasteiger partial charge in [-0.15, -0.1) is 0 Å². The molecule has 2 heterocycles. The second-order valence-corrected chi connectivity index (χ2v) is 8.30. The number of ether oxygens (including phenoxy) is 1. The summed E-state index contributed by atoms with van der Waals surface area (Å²) in [4.78, 5) is 43.0. The topological polar surface area (TPSA) is 101 Å². The molecule has 32 heavy (non-hydrogen) atoms. The molecule has 2 fully saturated rings. The Morgan fingerprint density at radius 3 is 2.66 bits per heavy atom. The number of imide groups is 1. The molecule has 4 amide bonds. The van der Waals surface area contributed by atoms with Crippen LogP contribution in [-0.2, 0) is 22.7 Å². The van der Waals surface area contributed by atoms with Gasteiger partial charge >= 0.3 is 6.03 Å². The van der Waals surface area contributed by atoms with Crippen LogP contribution in [0.25, 0.3) is 0 Å². The summed E-state index contributed by atoms with van der Waals surface area (Å²) < 4.78 is 5.82. The van der Waals surface area contributed by atoms with Gasteiger partial charge in [0.2, 0.25) is 11.8 Å². The van der Waals surface area contributed by atoms with Gasteiger partial charge in [-0.25, -0.2) is 9.78 Å². The molecule has 2 aromatic rings. The lowest BCUT2D eigenvalue weighted by Gasteiger charge is -2.30. The Balaban J connectivity index is 1.27. The van der Waals surface area contributed by atoms with Gasteiger partial charge in [0.15, 0.2) is 0 Å². The molecule has 2 aliphatic rings. The van der Waals surface area contributed by atoms with Gasteiger partial charge in [0, 0.05) is 31.3 Å². The SMILES string of the molecule is O=C(CCN1C(=O)NC2(CCCCC2)C1=O)NCc1cccnc1OCc1ccccc1. The number of rotatable bonds is 8. The maximum absolute atomic E-state index is 12.8. The highest BCUT2D eigenvalue weighted by atomic mass is 16.5. The second kappa shape index (κ2) is 9.80. The monoisotopic (exact) mass is 436 g/mol. The minimum absolute atomic E-state index is 0.0513. The molecule has 168 valence electrons. The molecule has 1 saturated carbocycles. The summed E-state index contributed by atoms with van der Waals surface area (Å²) >= 11 is 0. The van der Waals surface area contributed by atoms with E-state index in [1.807, 2.05) is 36.4 Å². The predicted octanol–water partition coefficient (Wildman–Crippen LogP) is 2.92. The molecule has 1 aliphatic carbocycles. The average molecular weight is 437 g/mol. The Hall–Kier alpha value is -3.42. The van der Waals surface area contributed by atoms with Gasteiger partial charge in [-0.3, -0.25) is 14.5 Å². The Bertz CT molecular complexity index is 973. The van der Waals surface area contributed by atoms with Crippen molar-refractivity contribution in [1.82, 2.24) is 20.5 Å². The molecule has 2 N–H and O–H groups in total. The van der Waals surface area contributed by atoms with Crippen LogP contribution in [0, 0.1) is 0 Å². The van der Waals surface area contributed by atoms with Gasteiger partial charge in [0.25, 0.3) is 5.91 Å². The van der Waals surface area contributed by atoms with Crippen molar-refractivity contribution < 1.29 is 19.1 Å². The van der Waals surface area contributed by atoms with Crippen molar-refractivity contribution in [2.24, 2.45) is 0 Å². The van der Waals surface area contributed by atoms with E-state index >= 15 is 0 Å². The van der Waals surface area contributed by atoms with E-state index in [1.54, 1.807) is 12.3 Å². The molecular weight excluding hydrogens is 408 g/mol. The second-order valence-electron chi connectivity index (χ2n) is 8.30. The van der Waals surface area contributed by atoms with Crippen molar-refractivity contribution in [2.75, 3.05) is 6.54 Å². The fraction of sp³-hybridized carbons (Fsp3) is 0.417. The number of amides is 4. The summed E-state index contributed by atoms with van der Waals surface area (Å²) in [6.45, 7) is 0.705. The third-order valence-electron chi connectivity index (χ3n) is 6.06. The van der Waals surface area contributed by atoms with Crippen LogP contribution in [0.5, 0.6) is 5.88 Å². The fourth-order valence-corrected chi connectivity index (χ4v) is 4.28. The van der Waals surface area contributed by atoms with Gasteiger partial charge in [-0.05, 0) is 24.5 Å². The zero-order valence-corrected chi connectivity index (χ0v) is 18.0. The maximum Gasteiger partial charge on any atom is 0.325 e. The average Bonchev–Trinajstić information content (AvgIpc) is 3.04. The van der Waals surface area contributed by atoms with E-state index in [0.29, 0.717) is 25.3 Å². The fourth-order valence-electron chi connectivity index (χ4n) is 4.28. The van der Waals surface area contributed by atoms with Crippen LogP contribution in [0.15, 0.2) is 48.7 Å². The first-order chi connectivity index (χ1) is 15.6. The van der Waals surface area contributed by atoms with Gasteiger partial charge in [0.05, 0.1) is 0 Å². The molecule has 4 rings (SSSR count). The van der Waals surface area contributed by atoms with Crippen molar-refractivity contribution in [3.05, 3.63) is 59.8 Å². The van der Waals surface area contributed by atoms with Crippen molar-refractivity contribution in [3.8, 4) is 5.88 Å². The summed E-state index contributed by atoms with van der Waals surface area (Å²) in [5.41, 5.74) is 1.03. The number of nitrogens with one attached hydrogen (secondary N) is 2. The van der Waals surface area contributed by atoms with E-state index in [-0.39, 0.29) is 31.3 Å². The summed E-state index contributed by atoms with van der Waals surface area (Å²) in [5, 5.41) is 5.70. The zero-order chi connectivity index (χ0) is 22.4. The highest BCUT2D eigenvalue weighted by Gasteiger charge is 2.51. The van der Waals surface area contributed by atoms with Crippen LogP contribution in [0.1, 0.15) is 49.7 Å². The smallest absolute Gasteiger partial charge is 0.325 e. The highest BCUT2D eigenvalue weighted by Crippen LogP contribution is 2.33. The Kier molecular flexibility index (Phi) is 6.68. The molecule has 0 bridgehead atoms. The van der Waals surface area contributed by atoms with Gasteiger partial charge in [-0.2, -0.15) is 0 Å². The van der Waals surface area contributed by atoms with Crippen LogP contribution in [0.2, 0.25) is 0 Å². The van der Waals surface area contributed by atoms with Crippen LogP contribution < -0.4 is 15.4 Å². The van der Waals surface area contributed by atoms with E-state index in [4.69, 9.17) is 4.74 Å². The summed E-state index contributed by atoms with van der Waals surface area (Å²) in [5.74, 6) is 0.0249. The first-order valence-electron chi connectivity index (χ1n) is 11.1. The predicted molar refractivity (Wildman–Crippen MR) is 118 cm³/mol. The van der Waals surface area contributed by atoms with Gasteiger partial charge in [0.1, 0.15) is 12.1 Å². The Labute approximate surface area is 187 Å². The third-order valence-corrected chi connectivity index (χ3v) is 6.06. The van der Waals surface area contributed by atoms with E-state index in [0.717, 1.165) is 30.4 Å². The van der Waals surface area contributed by atoms with E-state index in [9.17, 15) is 14.4 Å². The quantitative estimate of drug-likeness (QED) is 0.620. The molecule has 1 aliphatic heterocycles. The first kappa shape index (κ1) is 21.8. The standard InChI is InChI=1S/C24H28N4O4/c29-20(11-15-28-22(30)24(27-23(28)31)12-5-2-6-13-24)26-16-19-10-7-14-25-21(19)32-17-18-8-3-1-4-9-18/h1,3-4,7-10,14H,2,5-6,11-13,15-17H2,(H,26,29)(H,27,31). The zero-order valence-electron chi connectivity index (χ0n) is 18.0. The molecule has 1 aromatic carbocycles. The number of hydrogen-bond donors (Lipinski definition) is 2. The number of carbonyl (C=O) groups is 3. The Morgan fingerprint density at radius 1 is 1.09 bits per heavy atom. The highest BCUT2D eigenvalue weighted by molar-refractivity contribution is 6.07. The molecular formula is C24H28N4O4. The van der Waals surface area contributed by atoms with Crippen LogP contribution in [0.4, 0.5) is 4.79 Å². The van der Waals surface area contributed by atoms with Crippen molar-refractivity contribution >= 4 is 17.8 Å². The van der Waals surface area contributed by atoms with Crippen LogP contribution in [-0.4, -0.2) is 39.8 Å². The molecule has 1 spiro atoms. The van der Waals surface area contributed by atoms with Gasteiger partial charge < -0.3 is 15.4 Å². The molecule has 8 heteroatoms. The van der Waals surface area contributed by atoms with E-state index < -0.39 is 11.6 Å². The number of urea groups is 1. The molecule has 1 aromatic heterocycles. The largest absolute Gasteiger partial charge is 0.473 e. The normalized spacial score (nSPS) is 17.3. The lowest BCUT2D eigenvalue weighted by atomic mass is 9.82. The number of pyridine rings is 1. The minimum atomic E-state index is -0.757. The molecule has 0 unspecified atom stereocenters. The van der Waals surface area contributed by atoms with Crippen LogP contribution >= 0.6 is 0 Å². The molecule has 8 nitrogen and oxygen atoms in total. The van der Waals surface area contributed by atoms with Crippen LogP contribution in [0.3, 0.4) is 0 Å². The summed E-state index contributed by atoms with van der Waals surface area (Å²) in [6, 6.07) is 13.0. The number of aromatic nitrogens is 1. The van der Waals surface area contributed by atoms with Crippen molar-refractivity contribution in [1.29, 1.82) is 0 Å². The Morgan fingerprint density at radius 2 is 1.88 bits per heavy atom. The van der Waals surface area contributed by atoms with Gasteiger partial charge in [-0.1, -0.05) is 55.7 Å². The number of hydrogen-bond acceptors (Lipinski definition) is 5.